The van der Waals surface area contributed by atoms with Gasteiger partial charge in [0.2, 0.25) is 5.88 Å². The monoisotopic (exact) mass is 423 g/mol. The largest absolute Gasteiger partial charge is 0.480 e. The Kier molecular flexibility index (Phi) is 4.78. The van der Waals surface area contributed by atoms with Crippen LogP contribution in [0.2, 0.25) is 0 Å². The smallest absolute Gasteiger partial charge is 0.233 e. The molecular weight excluding hydrogens is 398 g/mol. The van der Waals surface area contributed by atoms with Crippen molar-refractivity contribution in [3.63, 3.8) is 0 Å². The van der Waals surface area contributed by atoms with Gasteiger partial charge in [-0.25, -0.2) is 0 Å². The summed E-state index contributed by atoms with van der Waals surface area (Å²) >= 11 is 1.82. The molecule has 1 atom stereocenters. The first kappa shape index (κ1) is 19.5. The zero-order chi connectivity index (χ0) is 20.8. The summed E-state index contributed by atoms with van der Waals surface area (Å²) in [4.78, 5) is 0. The minimum Gasteiger partial charge on any atom is -0.480 e. The summed E-state index contributed by atoms with van der Waals surface area (Å²) in [6.45, 7) is 3.15. The lowest BCUT2D eigenvalue weighted by atomic mass is 9.93. The maximum atomic E-state index is 9.81. The van der Waals surface area contributed by atoms with Crippen LogP contribution < -0.4 is 4.74 Å². The first-order chi connectivity index (χ1) is 14.6. The molecule has 0 radical (unpaired) electrons. The van der Waals surface area contributed by atoms with Crippen molar-refractivity contribution in [1.82, 2.24) is 25.0 Å². The second-order valence-electron chi connectivity index (χ2n) is 8.35. The number of nitrogens with zero attached hydrogens (tertiary/aromatic N) is 5. The fraction of sp³-hybridized carbons (Fsp3) is 0.455. The van der Waals surface area contributed by atoms with E-state index in [1.54, 1.807) is 7.11 Å². The van der Waals surface area contributed by atoms with Crippen molar-refractivity contribution in [3.05, 3.63) is 53.6 Å². The highest BCUT2D eigenvalue weighted by Gasteiger charge is 2.50. The molecule has 1 saturated carbocycles. The predicted octanol–water partition coefficient (Wildman–Crippen LogP) is 2.86. The molecule has 2 aliphatic rings. The van der Waals surface area contributed by atoms with Gasteiger partial charge in [-0.2, -0.15) is 11.8 Å². The number of aliphatic hydroxyl groups is 1. The van der Waals surface area contributed by atoms with E-state index < -0.39 is 0 Å². The van der Waals surface area contributed by atoms with E-state index in [1.165, 1.54) is 5.56 Å². The van der Waals surface area contributed by atoms with Crippen LogP contribution in [-0.4, -0.2) is 54.3 Å². The van der Waals surface area contributed by atoms with Crippen molar-refractivity contribution >= 4 is 11.8 Å². The van der Waals surface area contributed by atoms with Crippen LogP contribution in [0.1, 0.15) is 37.0 Å². The molecule has 1 aliphatic carbocycles. The molecule has 5 rings (SSSR count). The lowest BCUT2D eigenvalue weighted by Crippen LogP contribution is -2.28. The highest BCUT2D eigenvalue weighted by atomic mass is 32.2. The molecule has 8 heteroatoms. The van der Waals surface area contributed by atoms with Crippen LogP contribution in [0.5, 0.6) is 5.88 Å². The van der Waals surface area contributed by atoms with Crippen LogP contribution in [-0.2, 0) is 18.4 Å². The van der Waals surface area contributed by atoms with Gasteiger partial charge in [0, 0.05) is 35.1 Å². The van der Waals surface area contributed by atoms with Gasteiger partial charge in [0.1, 0.15) is 11.6 Å². The quantitative estimate of drug-likeness (QED) is 0.675. The molecule has 3 heterocycles. The van der Waals surface area contributed by atoms with E-state index in [2.05, 4.69) is 56.2 Å². The van der Waals surface area contributed by atoms with E-state index in [-0.39, 0.29) is 16.8 Å². The molecule has 156 valence electrons. The molecule has 1 N–H and O–H groups in total. The van der Waals surface area contributed by atoms with Gasteiger partial charge in [0.05, 0.1) is 24.8 Å². The van der Waals surface area contributed by atoms with Crippen LogP contribution in [0.4, 0.5) is 0 Å². The number of hydrogen-bond acceptors (Lipinski definition) is 7. The summed E-state index contributed by atoms with van der Waals surface area (Å²) in [5.41, 5.74) is 3.06. The predicted molar refractivity (Wildman–Crippen MR) is 116 cm³/mol. The minimum atomic E-state index is -0.184. The molecule has 0 amide bonds. The molecule has 7 nitrogen and oxygen atoms in total. The van der Waals surface area contributed by atoms with Crippen molar-refractivity contribution in [3.8, 4) is 17.1 Å². The Bertz CT molecular complexity index is 1050. The second-order valence-corrected chi connectivity index (χ2v) is 10.0. The summed E-state index contributed by atoms with van der Waals surface area (Å²) < 4.78 is 7.20. The maximum Gasteiger partial charge on any atom is 0.233 e. The van der Waals surface area contributed by atoms with Gasteiger partial charge in [-0.3, -0.25) is 0 Å². The number of hydrogen-bond donors (Lipinski definition) is 1. The Morgan fingerprint density at radius 1 is 1.07 bits per heavy atom. The topological polar surface area (TPSA) is 86.0 Å². The maximum absolute atomic E-state index is 9.81. The fourth-order valence-corrected chi connectivity index (χ4v) is 5.32. The van der Waals surface area contributed by atoms with Crippen LogP contribution in [0.25, 0.3) is 11.3 Å². The summed E-state index contributed by atoms with van der Waals surface area (Å²) in [5, 5.41) is 27.3. The van der Waals surface area contributed by atoms with E-state index in [1.807, 2.05) is 23.9 Å². The zero-order valence-corrected chi connectivity index (χ0v) is 18.0. The van der Waals surface area contributed by atoms with E-state index in [9.17, 15) is 5.11 Å². The molecule has 1 aromatic carbocycles. The molecule has 1 unspecified atom stereocenters. The number of aliphatic hydroxyl groups excluding tert-OH is 1. The van der Waals surface area contributed by atoms with Crippen molar-refractivity contribution in [2.24, 2.45) is 0 Å². The number of fused-ring (bicyclic) bond motifs is 1. The van der Waals surface area contributed by atoms with Crippen molar-refractivity contribution in [2.45, 2.75) is 42.9 Å². The third-order valence-electron chi connectivity index (χ3n) is 6.22. The van der Waals surface area contributed by atoms with Gasteiger partial charge in [0.25, 0.3) is 0 Å². The summed E-state index contributed by atoms with van der Waals surface area (Å²) in [6, 6.07) is 12.3. The Morgan fingerprint density at radius 3 is 2.50 bits per heavy atom. The molecule has 2 aromatic heterocycles. The molecular formula is C22H25N5O2S. The Labute approximate surface area is 179 Å². The lowest BCUT2D eigenvalue weighted by Gasteiger charge is -2.23. The van der Waals surface area contributed by atoms with E-state index in [0.29, 0.717) is 5.88 Å². The summed E-state index contributed by atoms with van der Waals surface area (Å²) in [5.74, 6) is 3.52. The summed E-state index contributed by atoms with van der Waals surface area (Å²) in [6.07, 6.45) is 2.90. The minimum absolute atomic E-state index is 0.0556. The van der Waals surface area contributed by atoms with E-state index in [4.69, 9.17) is 4.74 Å². The second kappa shape index (κ2) is 7.35. The van der Waals surface area contributed by atoms with E-state index >= 15 is 0 Å². The number of ether oxygens (including phenoxy) is 1. The first-order valence-corrected chi connectivity index (χ1v) is 11.2. The molecule has 3 aromatic rings. The number of methoxy groups -OCH3 is 1. The van der Waals surface area contributed by atoms with Crippen LogP contribution in [0, 0.1) is 0 Å². The Morgan fingerprint density at radius 2 is 1.87 bits per heavy atom. The SMILES string of the molecule is COc1ccc(-c2ccc(C3(c4nnc5n4CCSC(C)(CO)C5)CC3)cc2)nn1. The molecule has 1 aliphatic heterocycles. The third kappa shape index (κ3) is 3.28. The number of thioether (sulfide) groups is 1. The van der Waals surface area contributed by atoms with Gasteiger partial charge >= 0.3 is 0 Å². The molecule has 0 spiro atoms. The average molecular weight is 424 g/mol. The Balaban J connectivity index is 1.44. The van der Waals surface area contributed by atoms with Gasteiger partial charge in [-0.05, 0) is 31.4 Å². The number of aromatic nitrogens is 5. The lowest BCUT2D eigenvalue weighted by molar-refractivity contribution is 0.254. The highest BCUT2D eigenvalue weighted by molar-refractivity contribution is 8.00. The summed E-state index contributed by atoms with van der Waals surface area (Å²) in [7, 11) is 1.59. The van der Waals surface area contributed by atoms with Crippen LogP contribution in [0.15, 0.2) is 36.4 Å². The molecule has 30 heavy (non-hydrogen) atoms. The van der Waals surface area contributed by atoms with Crippen LogP contribution in [0.3, 0.4) is 0 Å². The highest BCUT2D eigenvalue weighted by Crippen LogP contribution is 2.53. The van der Waals surface area contributed by atoms with Crippen LogP contribution >= 0.6 is 11.8 Å². The zero-order valence-electron chi connectivity index (χ0n) is 17.2. The van der Waals surface area contributed by atoms with Crippen molar-refractivity contribution in [2.75, 3.05) is 19.5 Å². The average Bonchev–Trinajstić information content (AvgIpc) is 3.53. The standard InChI is InChI=1S/C22H25N5O2S/c1-21(14-28)13-18-24-26-20(27(18)11-12-30-21)22(9-10-22)16-5-3-15(4-6-16)17-7-8-19(29-2)25-23-17/h3-8,28H,9-14H2,1-2H3. The molecule has 1 fully saturated rings. The molecule has 0 bridgehead atoms. The number of rotatable bonds is 5. The van der Waals surface area contributed by atoms with Crippen molar-refractivity contribution in [1.29, 1.82) is 0 Å². The van der Waals surface area contributed by atoms with Gasteiger partial charge in [0.15, 0.2) is 0 Å². The van der Waals surface area contributed by atoms with Crippen molar-refractivity contribution < 1.29 is 9.84 Å². The number of benzene rings is 1. The van der Waals surface area contributed by atoms with Gasteiger partial charge in [-0.1, -0.05) is 24.3 Å². The fourth-order valence-electron chi connectivity index (χ4n) is 4.23. The normalized spacial score (nSPS) is 22.2. The molecule has 0 saturated heterocycles. The first-order valence-electron chi connectivity index (χ1n) is 10.2. The van der Waals surface area contributed by atoms with Gasteiger partial charge in [-0.15, -0.1) is 20.4 Å². The Hall–Kier alpha value is -2.45. The third-order valence-corrected chi connectivity index (χ3v) is 7.58. The van der Waals surface area contributed by atoms with E-state index in [0.717, 1.165) is 54.5 Å². The van der Waals surface area contributed by atoms with Gasteiger partial charge < -0.3 is 14.4 Å².